The van der Waals surface area contributed by atoms with Crippen molar-refractivity contribution in [3.05, 3.63) is 41.9 Å². The summed E-state index contributed by atoms with van der Waals surface area (Å²) in [6, 6.07) is 8.81. The first-order valence-electron chi connectivity index (χ1n) is 11.6. The summed E-state index contributed by atoms with van der Waals surface area (Å²) in [7, 11) is 0. The van der Waals surface area contributed by atoms with Gasteiger partial charge in [0.25, 0.3) is 5.91 Å². The quantitative estimate of drug-likeness (QED) is 0.640. The molecule has 0 saturated heterocycles. The number of carbonyl (C=O) groups is 1. The molecule has 1 saturated carbocycles. The summed E-state index contributed by atoms with van der Waals surface area (Å²) in [5.74, 6) is 1.17. The minimum atomic E-state index is -0.0909. The van der Waals surface area contributed by atoms with Crippen molar-refractivity contribution in [3.8, 4) is 0 Å². The second-order valence-corrected chi connectivity index (χ2v) is 8.79. The van der Waals surface area contributed by atoms with Crippen LogP contribution in [0.2, 0.25) is 0 Å². The average Bonchev–Trinajstić information content (AvgIpc) is 3.14. The molecule has 1 fully saturated rings. The fraction of sp³-hybridized carbons (Fsp3) is 0.520. The minimum Gasteiger partial charge on any atom is -0.348 e. The van der Waals surface area contributed by atoms with Crippen molar-refractivity contribution in [2.75, 3.05) is 11.4 Å². The molecule has 1 aliphatic heterocycles. The van der Waals surface area contributed by atoms with Gasteiger partial charge in [0.15, 0.2) is 5.82 Å². The molecule has 1 amide bonds. The molecule has 6 nitrogen and oxygen atoms in total. The smallest absolute Gasteiger partial charge is 0.265 e. The zero-order valence-corrected chi connectivity index (χ0v) is 18.9. The molecule has 1 aromatic carbocycles. The van der Waals surface area contributed by atoms with E-state index in [-0.39, 0.29) is 11.9 Å². The van der Waals surface area contributed by atoms with E-state index in [0.29, 0.717) is 17.3 Å². The molecule has 31 heavy (non-hydrogen) atoms. The zero-order chi connectivity index (χ0) is 21.8. The molecule has 2 heterocycles. The molecule has 2 aromatic rings. The average molecular weight is 420 g/mol. The number of nitrogens with one attached hydrogen (secondary N) is 1. The third-order valence-electron chi connectivity index (χ3n) is 6.50. The Labute approximate surface area is 185 Å². The van der Waals surface area contributed by atoms with E-state index in [4.69, 9.17) is 4.99 Å². The van der Waals surface area contributed by atoms with E-state index in [2.05, 4.69) is 51.4 Å². The fourth-order valence-electron chi connectivity index (χ4n) is 4.83. The van der Waals surface area contributed by atoms with E-state index in [1.807, 2.05) is 6.92 Å². The number of para-hydroxylation sites is 1. The number of fused-ring (bicyclic) bond motifs is 1. The number of nitrogens with zero attached hydrogens (tertiary/aromatic N) is 4. The first-order chi connectivity index (χ1) is 15.1. The molecule has 1 unspecified atom stereocenters. The number of hydrogen-bond acceptors (Lipinski definition) is 5. The number of amides is 1. The number of aromatic nitrogens is 2. The second-order valence-electron chi connectivity index (χ2n) is 8.79. The summed E-state index contributed by atoms with van der Waals surface area (Å²) in [6.45, 7) is 6.82. The van der Waals surface area contributed by atoms with Crippen LogP contribution in [0.25, 0.3) is 0 Å². The van der Waals surface area contributed by atoms with E-state index < -0.39 is 0 Å². The third-order valence-corrected chi connectivity index (χ3v) is 6.50. The number of carbonyl (C=O) groups excluding carboxylic acids is 1. The summed E-state index contributed by atoms with van der Waals surface area (Å²) in [5, 5.41) is 3.16. The number of aryl methyl sites for hydroxylation is 1. The molecule has 0 spiro atoms. The molecule has 6 heteroatoms. The second kappa shape index (κ2) is 9.58. The molecule has 1 N–H and O–H groups in total. The Morgan fingerprint density at radius 1 is 1.19 bits per heavy atom. The lowest BCUT2D eigenvalue weighted by atomic mass is 9.95. The highest BCUT2D eigenvalue weighted by Crippen LogP contribution is 2.44. The van der Waals surface area contributed by atoms with Crippen molar-refractivity contribution in [1.82, 2.24) is 15.3 Å². The molecule has 164 valence electrons. The van der Waals surface area contributed by atoms with Crippen LogP contribution in [0, 0.1) is 6.92 Å². The van der Waals surface area contributed by atoms with Gasteiger partial charge in [-0.1, -0.05) is 50.8 Å². The topological polar surface area (TPSA) is 70.5 Å². The van der Waals surface area contributed by atoms with Crippen LogP contribution in [0.5, 0.6) is 0 Å². The Balaban J connectivity index is 1.63. The predicted octanol–water partition coefficient (Wildman–Crippen LogP) is 5.36. The van der Waals surface area contributed by atoms with Crippen molar-refractivity contribution < 1.29 is 4.79 Å². The standard InChI is InChI=1S/C25H33N5O/c1-4-10-19-15-30(22-14-9-8-13-21(19)22)24-23(17(2)26-16-27-24)28-18(3)25(31)29-20-11-6-5-7-12-20/h8-9,13-14,16,19-20H,4-7,10-12,15H2,1-3H3,(H,29,31)/b28-18+. The minimum absolute atomic E-state index is 0.0909. The Kier molecular flexibility index (Phi) is 6.64. The van der Waals surface area contributed by atoms with Gasteiger partial charge in [-0.15, -0.1) is 0 Å². The maximum Gasteiger partial charge on any atom is 0.265 e. The van der Waals surface area contributed by atoms with Gasteiger partial charge in [-0.3, -0.25) is 4.79 Å². The number of aliphatic imine (C=N–C) groups is 1. The maximum absolute atomic E-state index is 12.8. The molecule has 4 rings (SSSR count). The van der Waals surface area contributed by atoms with Crippen LogP contribution in [0.3, 0.4) is 0 Å². The van der Waals surface area contributed by atoms with Gasteiger partial charge in [-0.05, 0) is 44.7 Å². The summed E-state index contributed by atoms with van der Waals surface area (Å²) >= 11 is 0. The Bertz CT molecular complexity index is 964. The van der Waals surface area contributed by atoms with Crippen LogP contribution in [0.15, 0.2) is 35.6 Å². The summed E-state index contributed by atoms with van der Waals surface area (Å²) in [4.78, 5) is 28.8. The number of hydrogen-bond donors (Lipinski definition) is 1. The van der Waals surface area contributed by atoms with Crippen molar-refractivity contribution in [2.45, 2.75) is 77.7 Å². The van der Waals surface area contributed by atoms with Crippen molar-refractivity contribution >= 4 is 28.8 Å². The lowest BCUT2D eigenvalue weighted by Gasteiger charge is -2.23. The monoisotopic (exact) mass is 419 g/mol. The summed E-state index contributed by atoms with van der Waals surface area (Å²) in [5.41, 5.74) is 4.47. The van der Waals surface area contributed by atoms with Crippen LogP contribution in [-0.2, 0) is 4.79 Å². The fourth-order valence-corrected chi connectivity index (χ4v) is 4.83. The summed E-state index contributed by atoms with van der Waals surface area (Å²) < 4.78 is 0. The molecule has 0 bridgehead atoms. The molecule has 1 atom stereocenters. The van der Waals surface area contributed by atoms with E-state index in [1.54, 1.807) is 13.3 Å². The van der Waals surface area contributed by atoms with Crippen molar-refractivity contribution in [3.63, 3.8) is 0 Å². The van der Waals surface area contributed by atoms with Crippen LogP contribution in [0.1, 0.15) is 76.0 Å². The molecular weight excluding hydrogens is 386 g/mol. The maximum atomic E-state index is 12.8. The highest BCUT2D eigenvalue weighted by Gasteiger charge is 2.31. The van der Waals surface area contributed by atoms with Crippen molar-refractivity contribution in [2.24, 2.45) is 4.99 Å². The normalized spacial score (nSPS) is 19.4. The summed E-state index contributed by atoms with van der Waals surface area (Å²) in [6.07, 6.45) is 9.62. The molecule has 0 radical (unpaired) electrons. The lowest BCUT2D eigenvalue weighted by molar-refractivity contribution is -0.115. The highest BCUT2D eigenvalue weighted by atomic mass is 16.1. The predicted molar refractivity (Wildman–Crippen MR) is 126 cm³/mol. The van der Waals surface area contributed by atoms with Gasteiger partial charge in [-0.25, -0.2) is 15.0 Å². The molecule has 2 aliphatic rings. The number of anilines is 2. The zero-order valence-electron chi connectivity index (χ0n) is 18.9. The van der Waals surface area contributed by atoms with Gasteiger partial charge in [-0.2, -0.15) is 0 Å². The molecule has 1 aromatic heterocycles. The van der Waals surface area contributed by atoms with Gasteiger partial charge in [0.1, 0.15) is 17.7 Å². The SMILES string of the molecule is CCCC1CN(c2ncnc(C)c2/N=C(\C)C(=O)NC2CCCCC2)c2ccccc21. The van der Waals surface area contributed by atoms with Crippen LogP contribution in [-0.4, -0.2) is 34.2 Å². The Morgan fingerprint density at radius 3 is 2.74 bits per heavy atom. The van der Waals surface area contributed by atoms with Gasteiger partial charge in [0, 0.05) is 24.2 Å². The first kappa shape index (κ1) is 21.5. The Hall–Kier alpha value is -2.76. The number of benzene rings is 1. The largest absolute Gasteiger partial charge is 0.348 e. The van der Waals surface area contributed by atoms with Gasteiger partial charge < -0.3 is 10.2 Å². The van der Waals surface area contributed by atoms with Crippen LogP contribution >= 0.6 is 0 Å². The lowest BCUT2D eigenvalue weighted by Crippen LogP contribution is -2.39. The van der Waals surface area contributed by atoms with E-state index >= 15 is 0 Å². The number of rotatable bonds is 6. The van der Waals surface area contributed by atoms with Gasteiger partial charge in [0.05, 0.1) is 5.69 Å². The van der Waals surface area contributed by atoms with E-state index in [0.717, 1.165) is 43.7 Å². The van der Waals surface area contributed by atoms with Crippen molar-refractivity contribution in [1.29, 1.82) is 0 Å². The van der Waals surface area contributed by atoms with Gasteiger partial charge >= 0.3 is 0 Å². The van der Waals surface area contributed by atoms with E-state index in [9.17, 15) is 4.79 Å². The van der Waals surface area contributed by atoms with Gasteiger partial charge in [0.2, 0.25) is 0 Å². The van der Waals surface area contributed by atoms with Crippen LogP contribution in [0.4, 0.5) is 17.2 Å². The van der Waals surface area contributed by atoms with E-state index in [1.165, 1.54) is 30.5 Å². The highest BCUT2D eigenvalue weighted by molar-refractivity contribution is 6.38. The van der Waals surface area contributed by atoms with Crippen LogP contribution < -0.4 is 10.2 Å². The molecular formula is C25H33N5O. The molecule has 1 aliphatic carbocycles. The Morgan fingerprint density at radius 2 is 1.97 bits per heavy atom. The first-order valence-corrected chi connectivity index (χ1v) is 11.6. The third kappa shape index (κ3) is 4.63.